The van der Waals surface area contributed by atoms with Gasteiger partial charge in [0.2, 0.25) is 41.4 Å². The molecule has 10 atom stereocenters. The van der Waals surface area contributed by atoms with E-state index in [0.29, 0.717) is 17.5 Å². The van der Waals surface area contributed by atoms with Gasteiger partial charge in [-0.15, -0.1) is 0 Å². The lowest BCUT2D eigenvalue weighted by atomic mass is 9.98. The summed E-state index contributed by atoms with van der Waals surface area (Å²) < 4.78 is 0. The minimum absolute atomic E-state index is 0.0402. The number of hydrogen-bond donors (Lipinski definition) is 14. The lowest BCUT2D eigenvalue weighted by molar-refractivity contribution is -0.142. The van der Waals surface area contributed by atoms with Crippen molar-refractivity contribution in [2.75, 3.05) is 12.4 Å². The lowest BCUT2D eigenvalue weighted by Crippen LogP contribution is -2.62. The third-order valence-corrected chi connectivity index (χ3v) is 11.1. The molecule has 0 saturated carbocycles. The number of hydrogen-bond acceptors (Lipinski definition) is 14. The number of phenols is 1. The number of aromatic hydroxyl groups is 1. The van der Waals surface area contributed by atoms with Crippen LogP contribution in [-0.2, 0) is 56.0 Å². The number of aliphatic hydroxyl groups is 2. The molecule has 0 bridgehead atoms. The molecule has 23 heteroatoms. The van der Waals surface area contributed by atoms with E-state index in [1.165, 1.54) is 31.2 Å². The number of phenolic OH excluding ortho intramolecular Hbond substituents is 1. The Morgan fingerprint density at radius 2 is 1.06 bits per heavy atom. The minimum Gasteiger partial charge on any atom is -0.508 e. The summed E-state index contributed by atoms with van der Waals surface area (Å²) in [6, 6.07) is 2.06. The van der Waals surface area contributed by atoms with Gasteiger partial charge in [-0.3, -0.25) is 38.4 Å². The van der Waals surface area contributed by atoms with Gasteiger partial charge in [-0.1, -0.05) is 76.6 Å². The summed E-state index contributed by atoms with van der Waals surface area (Å²) in [6.07, 6.45) is -2.55. The first-order valence-electron chi connectivity index (χ1n) is 22.1. The van der Waals surface area contributed by atoms with E-state index in [2.05, 4.69) is 49.8 Å². The van der Waals surface area contributed by atoms with Crippen LogP contribution in [0, 0.1) is 11.8 Å². The van der Waals surface area contributed by atoms with Crippen LogP contribution >= 0.6 is 12.6 Å². The first-order valence-corrected chi connectivity index (χ1v) is 22.7. The number of aliphatic carboxylic acids is 2. The molecule has 0 aliphatic heterocycles. The van der Waals surface area contributed by atoms with Gasteiger partial charge in [0.15, 0.2) is 0 Å². The topological polar surface area (TPSA) is 365 Å². The second-order valence-electron chi connectivity index (χ2n) is 16.8. The smallest absolute Gasteiger partial charge is 0.326 e. The Kier molecular flexibility index (Phi) is 24.5. The van der Waals surface area contributed by atoms with Crippen molar-refractivity contribution >= 4 is 65.9 Å². The maximum Gasteiger partial charge on any atom is 0.326 e. The van der Waals surface area contributed by atoms with Gasteiger partial charge < -0.3 is 68.5 Å². The van der Waals surface area contributed by atoms with Gasteiger partial charge in [-0.05, 0) is 54.9 Å². The van der Waals surface area contributed by atoms with E-state index in [9.17, 15) is 68.7 Å². The first-order chi connectivity index (χ1) is 32.0. The predicted octanol–water partition coefficient (Wildman–Crippen LogP) is -1.76. The highest BCUT2D eigenvalue weighted by molar-refractivity contribution is 7.80. The second-order valence-corrected chi connectivity index (χ2v) is 17.2. The molecule has 0 heterocycles. The molecule has 14 N–H and O–H groups in total. The molecule has 68 heavy (non-hydrogen) atoms. The molecule has 0 fully saturated rings. The molecule has 7 amide bonds. The van der Waals surface area contributed by atoms with Crippen LogP contribution in [0.4, 0.5) is 0 Å². The van der Waals surface area contributed by atoms with E-state index in [-0.39, 0.29) is 42.6 Å². The number of thiol groups is 1. The van der Waals surface area contributed by atoms with Crippen molar-refractivity contribution in [1.82, 2.24) is 37.2 Å². The quantitative estimate of drug-likeness (QED) is 0.0402. The zero-order valence-electron chi connectivity index (χ0n) is 38.6. The highest BCUT2D eigenvalue weighted by Gasteiger charge is 2.36. The van der Waals surface area contributed by atoms with Crippen LogP contribution in [0.3, 0.4) is 0 Å². The van der Waals surface area contributed by atoms with Crippen molar-refractivity contribution in [3.05, 3.63) is 65.7 Å². The Morgan fingerprint density at radius 3 is 1.56 bits per heavy atom. The number of carboxylic acids is 2. The molecular weight excluding hydrogens is 909 g/mol. The van der Waals surface area contributed by atoms with E-state index in [1.54, 1.807) is 51.1 Å². The maximum atomic E-state index is 14.0. The monoisotopic (exact) mass is 974 g/mol. The number of carbonyl (C=O) groups is 9. The van der Waals surface area contributed by atoms with Gasteiger partial charge in [0.25, 0.3) is 0 Å². The number of rotatable bonds is 29. The van der Waals surface area contributed by atoms with Crippen LogP contribution < -0.4 is 43.0 Å². The zero-order chi connectivity index (χ0) is 51.2. The Morgan fingerprint density at radius 1 is 0.603 bits per heavy atom. The lowest BCUT2D eigenvalue weighted by Gasteiger charge is -2.28. The average Bonchev–Trinajstić information content (AvgIpc) is 3.29. The fraction of sp³-hybridized carbons (Fsp3) is 0.533. The molecule has 22 nitrogen and oxygen atoms in total. The molecule has 0 saturated heterocycles. The number of nitrogens with one attached hydrogen (secondary N) is 7. The summed E-state index contributed by atoms with van der Waals surface area (Å²) >= 11 is 4.10. The number of carboxylic acid groups (broad SMARTS) is 2. The predicted molar refractivity (Wildman–Crippen MR) is 249 cm³/mol. The standard InChI is InChI=1S/C45H66N8O14S/c1-6-24(4)36(46)43(64)49-31(19-26-10-8-7-9-11-26)40(61)53-37(25(5)55)44(65)51-33(21-54)41(62)48-30(20-27-12-14-28(56)15-13-27)39(60)47-29(16-17-35(57)58)38(59)52-34(22-68)42(63)50-32(45(66)67)18-23(2)3/h7-15,23-25,29-34,36-37,54-56,68H,6,16-22,46H2,1-5H3,(H,47,60)(H,48,62)(H,49,64)(H,50,63)(H,51,65)(H,52,59)(H,53,61)(H,57,58)(H,66,67)/t24-,25+,29-,30-,31-,32-,33-,34-,36-,37-/m0/s1. The van der Waals surface area contributed by atoms with E-state index < -0.39 is 127 Å². The van der Waals surface area contributed by atoms with Crippen molar-refractivity contribution in [2.24, 2.45) is 17.6 Å². The summed E-state index contributed by atoms with van der Waals surface area (Å²) in [7, 11) is 0. The number of carbonyl (C=O) groups excluding carboxylic acids is 7. The van der Waals surface area contributed by atoms with Crippen LogP contribution in [-0.4, -0.2) is 146 Å². The van der Waals surface area contributed by atoms with Crippen LogP contribution in [0.1, 0.15) is 71.4 Å². The van der Waals surface area contributed by atoms with E-state index >= 15 is 0 Å². The van der Waals surface area contributed by atoms with Crippen LogP contribution in [0.25, 0.3) is 0 Å². The molecule has 0 unspecified atom stereocenters. The fourth-order valence-electron chi connectivity index (χ4n) is 6.54. The van der Waals surface area contributed by atoms with E-state index in [1.807, 2.05) is 6.92 Å². The summed E-state index contributed by atoms with van der Waals surface area (Å²) in [5.41, 5.74) is 7.11. The summed E-state index contributed by atoms with van der Waals surface area (Å²) in [5.74, 6) is -10.5. The van der Waals surface area contributed by atoms with Crippen molar-refractivity contribution in [1.29, 1.82) is 0 Å². The SMILES string of the molecule is CC[C@H](C)[C@H](N)C(=O)N[C@@H](Cc1ccccc1)C(=O)N[C@H](C(=O)N[C@@H](CO)C(=O)N[C@@H](Cc1ccc(O)cc1)C(=O)N[C@@H](CCC(=O)O)C(=O)N[C@@H](CS)C(=O)N[C@@H](CC(C)C)C(=O)O)[C@@H](C)O. The molecule has 0 radical (unpaired) electrons. The average molecular weight is 975 g/mol. The molecule has 2 rings (SSSR count). The Bertz CT molecular complexity index is 2030. The highest BCUT2D eigenvalue weighted by Crippen LogP contribution is 2.14. The molecule has 0 aromatic heterocycles. The van der Waals surface area contributed by atoms with Gasteiger partial charge in [-0.2, -0.15) is 12.6 Å². The first kappa shape index (κ1) is 57.8. The molecule has 0 spiro atoms. The molecule has 0 aliphatic rings. The summed E-state index contributed by atoms with van der Waals surface area (Å²) in [5, 5.41) is 66.6. The zero-order valence-corrected chi connectivity index (χ0v) is 39.5. The molecule has 0 aliphatic carbocycles. The third kappa shape index (κ3) is 19.5. The molecule has 2 aromatic rings. The Hall–Kier alpha value is -6.30. The fourth-order valence-corrected chi connectivity index (χ4v) is 6.80. The van der Waals surface area contributed by atoms with Crippen LogP contribution in [0.2, 0.25) is 0 Å². The van der Waals surface area contributed by atoms with Crippen molar-refractivity contribution < 1.29 is 68.7 Å². The van der Waals surface area contributed by atoms with Gasteiger partial charge in [0.1, 0.15) is 48.0 Å². The van der Waals surface area contributed by atoms with E-state index in [4.69, 9.17) is 5.73 Å². The number of benzene rings is 2. The normalized spacial score (nSPS) is 15.6. The van der Waals surface area contributed by atoms with Crippen molar-refractivity contribution in [2.45, 2.75) is 128 Å². The summed E-state index contributed by atoms with van der Waals surface area (Å²) in [6.45, 7) is 7.17. The van der Waals surface area contributed by atoms with Gasteiger partial charge in [0.05, 0.1) is 18.8 Å². The second kappa shape index (κ2) is 28.8. The number of nitrogens with two attached hydrogens (primary N) is 1. The molecular formula is C45H66N8O14S. The van der Waals surface area contributed by atoms with Gasteiger partial charge in [-0.25, -0.2) is 4.79 Å². The van der Waals surface area contributed by atoms with Crippen molar-refractivity contribution in [3.63, 3.8) is 0 Å². The third-order valence-electron chi connectivity index (χ3n) is 10.8. The largest absolute Gasteiger partial charge is 0.508 e. The van der Waals surface area contributed by atoms with Gasteiger partial charge in [0, 0.05) is 25.0 Å². The Labute approximate surface area is 399 Å². The van der Waals surface area contributed by atoms with Crippen molar-refractivity contribution in [3.8, 4) is 5.75 Å². The molecule has 2 aromatic carbocycles. The number of aliphatic hydroxyl groups excluding tert-OH is 2. The van der Waals surface area contributed by atoms with Crippen LogP contribution in [0.5, 0.6) is 5.75 Å². The molecule has 376 valence electrons. The highest BCUT2D eigenvalue weighted by atomic mass is 32.1. The minimum atomic E-state index is -1.84. The Balaban J connectivity index is 2.38. The number of amides is 7. The van der Waals surface area contributed by atoms with Crippen LogP contribution in [0.15, 0.2) is 54.6 Å². The maximum absolute atomic E-state index is 14.0. The summed E-state index contributed by atoms with van der Waals surface area (Å²) in [4.78, 5) is 118. The van der Waals surface area contributed by atoms with Gasteiger partial charge >= 0.3 is 11.9 Å². The van der Waals surface area contributed by atoms with E-state index in [0.717, 1.165) is 0 Å².